The number of halogens is 1. The first kappa shape index (κ1) is 14.7. The molecule has 0 amide bonds. The van der Waals surface area contributed by atoms with Crippen LogP contribution >= 0.6 is 15.9 Å². The minimum absolute atomic E-state index is 0.157. The summed E-state index contributed by atoms with van der Waals surface area (Å²) >= 11 is 3.44. The maximum Gasteiger partial charge on any atom is 0.0440 e. The van der Waals surface area contributed by atoms with Crippen molar-refractivity contribution >= 4 is 15.9 Å². The van der Waals surface area contributed by atoms with Crippen molar-refractivity contribution in [1.82, 2.24) is 0 Å². The Balaban J connectivity index is 3.26. The van der Waals surface area contributed by atoms with Crippen molar-refractivity contribution in [1.29, 1.82) is 0 Å². The molecule has 0 heterocycles. The summed E-state index contributed by atoms with van der Waals surface area (Å²) in [5.74, 6) is 0. The van der Waals surface area contributed by atoms with Crippen molar-refractivity contribution in [2.24, 2.45) is 5.73 Å². The van der Waals surface area contributed by atoms with E-state index in [1.54, 1.807) is 0 Å². The second-order valence-corrected chi connectivity index (χ2v) is 6.05. The number of nitrogens with two attached hydrogens (primary N) is 1. The molecule has 1 aromatic carbocycles. The monoisotopic (exact) mass is 299 g/mol. The van der Waals surface area contributed by atoms with Gasteiger partial charge in [-0.2, -0.15) is 0 Å². The minimum atomic E-state index is -0.363. The normalized spacial score (nSPS) is 15.6. The van der Waals surface area contributed by atoms with E-state index in [0.717, 1.165) is 10.9 Å². The summed E-state index contributed by atoms with van der Waals surface area (Å²) in [5.41, 5.74) is 7.02. The van der Waals surface area contributed by atoms with Gasteiger partial charge in [0.2, 0.25) is 0 Å². The van der Waals surface area contributed by atoms with Gasteiger partial charge in [0.25, 0.3) is 0 Å². The number of hydrogen-bond acceptors (Lipinski definition) is 2. The SMILES string of the molecule is CCC(CCO)(c1ccc(Br)cc1)C(C)(C)N. The molecule has 0 saturated heterocycles. The Labute approximate surface area is 112 Å². The molecule has 0 aromatic heterocycles. The van der Waals surface area contributed by atoms with Gasteiger partial charge in [-0.1, -0.05) is 35.0 Å². The van der Waals surface area contributed by atoms with Gasteiger partial charge >= 0.3 is 0 Å². The Hall–Kier alpha value is -0.380. The predicted octanol–water partition coefficient (Wildman–Crippen LogP) is 3.22. The van der Waals surface area contributed by atoms with Gasteiger partial charge in [0.05, 0.1) is 0 Å². The Bertz CT molecular complexity index is 355. The molecule has 1 unspecified atom stereocenters. The van der Waals surface area contributed by atoms with E-state index in [2.05, 4.69) is 35.0 Å². The summed E-state index contributed by atoms with van der Waals surface area (Å²) in [6.45, 7) is 6.36. The van der Waals surface area contributed by atoms with Crippen LogP contribution in [0.25, 0.3) is 0 Å². The van der Waals surface area contributed by atoms with Crippen LogP contribution in [-0.2, 0) is 5.41 Å². The van der Waals surface area contributed by atoms with Crippen LogP contribution in [0.5, 0.6) is 0 Å². The second-order valence-electron chi connectivity index (χ2n) is 5.14. The average Bonchev–Trinajstić information content (AvgIpc) is 2.25. The van der Waals surface area contributed by atoms with E-state index in [1.165, 1.54) is 5.56 Å². The zero-order valence-electron chi connectivity index (χ0n) is 10.8. The summed E-state index contributed by atoms with van der Waals surface area (Å²) in [4.78, 5) is 0. The minimum Gasteiger partial charge on any atom is -0.396 e. The van der Waals surface area contributed by atoms with Crippen LogP contribution < -0.4 is 5.73 Å². The molecule has 2 nitrogen and oxygen atoms in total. The van der Waals surface area contributed by atoms with Crippen molar-refractivity contribution in [3.05, 3.63) is 34.3 Å². The lowest BCUT2D eigenvalue weighted by Crippen LogP contribution is -2.54. The molecule has 0 radical (unpaired) electrons. The summed E-state index contributed by atoms with van der Waals surface area (Å²) < 4.78 is 1.06. The molecule has 0 fully saturated rings. The van der Waals surface area contributed by atoms with Gasteiger partial charge in [-0.15, -0.1) is 0 Å². The molecule has 0 bridgehead atoms. The summed E-state index contributed by atoms with van der Waals surface area (Å²) in [6.07, 6.45) is 1.60. The summed E-state index contributed by atoms with van der Waals surface area (Å²) in [5, 5.41) is 9.35. The lowest BCUT2D eigenvalue weighted by molar-refractivity contribution is 0.170. The number of aliphatic hydroxyl groups excluding tert-OH is 1. The van der Waals surface area contributed by atoms with Crippen LogP contribution in [0, 0.1) is 0 Å². The van der Waals surface area contributed by atoms with Crippen molar-refractivity contribution in [3.63, 3.8) is 0 Å². The Kier molecular flexibility index (Phi) is 4.76. The fourth-order valence-electron chi connectivity index (χ4n) is 2.63. The molecule has 0 aliphatic rings. The molecule has 0 spiro atoms. The maximum atomic E-state index is 9.35. The lowest BCUT2D eigenvalue weighted by Gasteiger charge is -2.44. The Morgan fingerprint density at radius 3 is 2.12 bits per heavy atom. The molecule has 3 heteroatoms. The highest BCUT2D eigenvalue weighted by atomic mass is 79.9. The number of rotatable bonds is 5. The van der Waals surface area contributed by atoms with Crippen LogP contribution in [0.3, 0.4) is 0 Å². The van der Waals surface area contributed by atoms with Crippen LogP contribution in [0.2, 0.25) is 0 Å². The zero-order valence-corrected chi connectivity index (χ0v) is 12.4. The molecular weight excluding hydrogens is 278 g/mol. The van der Waals surface area contributed by atoms with Crippen molar-refractivity contribution in [3.8, 4) is 0 Å². The molecule has 0 aliphatic heterocycles. The van der Waals surface area contributed by atoms with Gasteiger partial charge < -0.3 is 10.8 Å². The highest BCUT2D eigenvalue weighted by Gasteiger charge is 2.41. The van der Waals surface area contributed by atoms with E-state index in [9.17, 15) is 5.11 Å². The van der Waals surface area contributed by atoms with Crippen molar-refractivity contribution in [2.45, 2.75) is 44.6 Å². The summed E-state index contributed by atoms with van der Waals surface area (Å²) in [6, 6.07) is 8.25. The van der Waals surface area contributed by atoms with Crippen molar-refractivity contribution in [2.75, 3.05) is 6.61 Å². The predicted molar refractivity (Wildman–Crippen MR) is 76.1 cm³/mol. The third-order valence-corrected chi connectivity index (χ3v) is 4.30. The van der Waals surface area contributed by atoms with E-state index >= 15 is 0 Å². The van der Waals surface area contributed by atoms with E-state index in [0.29, 0.717) is 6.42 Å². The van der Waals surface area contributed by atoms with Crippen LogP contribution in [-0.4, -0.2) is 17.3 Å². The maximum absolute atomic E-state index is 9.35. The highest BCUT2D eigenvalue weighted by Crippen LogP contribution is 2.40. The fourth-order valence-corrected chi connectivity index (χ4v) is 2.90. The Morgan fingerprint density at radius 1 is 1.24 bits per heavy atom. The molecule has 0 aliphatic carbocycles. The molecule has 0 saturated carbocycles. The highest BCUT2D eigenvalue weighted by molar-refractivity contribution is 9.10. The van der Waals surface area contributed by atoms with Gasteiger partial charge in [0.15, 0.2) is 0 Å². The first-order valence-corrected chi connectivity index (χ1v) is 6.82. The molecule has 17 heavy (non-hydrogen) atoms. The van der Waals surface area contributed by atoms with Crippen LogP contribution in [0.4, 0.5) is 0 Å². The quantitative estimate of drug-likeness (QED) is 0.877. The molecule has 1 aromatic rings. The second kappa shape index (κ2) is 5.51. The zero-order chi connectivity index (χ0) is 13.1. The molecule has 1 rings (SSSR count). The molecule has 96 valence electrons. The van der Waals surface area contributed by atoms with Gasteiger partial charge in [0, 0.05) is 22.0 Å². The number of hydrogen-bond donors (Lipinski definition) is 2. The van der Waals surface area contributed by atoms with Crippen LogP contribution in [0.15, 0.2) is 28.7 Å². The molecule has 3 N–H and O–H groups in total. The first-order valence-electron chi connectivity index (χ1n) is 6.03. The third kappa shape index (κ3) is 2.90. The average molecular weight is 300 g/mol. The molecule has 1 atom stereocenters. The number of benzene rings is 1. The van der Waals surface area contributed by atoms with Gasteiger partial charge in [0.1, 0.15) is 0 Å². The van der Waals surface area contributed by atoms with Crippen LogP contribution in [0.1, 0.15) is 39.2 Å². The first-order chi connectivity index (χ1) is 7.87. The largest absolute Gasteiger partial charge is 0.396 e. The fraction of sp³-hybridized carbons (Fsp3) is 0.571. The van der Waals surface area contributed by atoms with E-state index < -0.39 is 0 Å². The topological polar surface area (TPSA) is 46.2 Å². The van der Waals surface area contributed by atoms with E-state index in [4.69, 9.17) is 5.73 Å². The summed E-state index contributed by atoms with van der Waals surface area (Å²) in [7, 11) is 0. The Morgan fingerprint density at radius 2 is 1.76 bits per heavy atom. The van der Waals surface area contributed by atoms with Crippen molar-refractivity contribution < 1.29 is 5.11 Å². The number of aliphatic hydroxyl groups is 1. The van der Waals surface area contributed by atoms with Gasteiger partial charge in [-0.25, -0.2) is 0 Å². The standard InChI is InChI=1S/C14H22BrNO/c1-4-14(9-10-17,13(2,3)16)11-5-7-12(15)8-6-11/h5-8,17H,4,9-10,16H2,1-3H3. The van der Waals surface area contributed by atoms with Gasteiger partial charge in [-0.3, -0.25) is 0 Å². The molecular formula is C14H22BrNO. The third-order valence-electron chi connectivity index (χ3n) is 3.77. The van der Waals surface area contributed by atoms with Gasteiger partial charge in [-0.05, 0) is 44.4 Å². The smallest absolute Gasteiger partial charge is 0.0440 e. The lowest BCUT2D eigenvalue weighted by atomic mass is 9.63. The van der Waals surface area contributed by atoms with E-state index in [1.807, 2.05) is 26.0 Å². The van der Waals surface area contributed by atoms with E-state index in [-0.39, 0.29) is 17.6 Å².